The van der Waals surface area contributed by atoms with Crippen LogP contribution in [0.5, 0.6) is 11.5 Å². The fraction of sp³-hybridized carbons (Fsp3) is 0.556. The van der Waals surface area contributed by atoms with Gasteiger partial charge in [0.25, 0.3) is 0 Å². The van der Waals surface area contributed by atoms with Crippen molar-refractivity contribution in [2.75, 3.05) is 40.5 Å². The highest BCUT2D eigenvalue weighted by Crippen LogP contribution is 2.27. The largest absolute Gasteiger partial charge is 0.493 e. The summed E-state index contributed by atoms with van der Waals surface area (Å²) in [5.41, 5.74) is 2.06. The lowest BCUT2D eigenvalue weighted by Crippen LogP contribution is -2.35. The van der Waals surface area contributed by atoms with Crippen LogP contribution >= 0.6 is 0 Å². The van der Waals surface area contributed by atoms with E-state index in [1.165, 1.54) is 0 Å². The molecule has 130 valence electrons. The maximum absolute atomic E-state index is 10.1. The van der Waals surface area contributed by atoms with Crippen LogP contribution in [0.1, 0.15) is 19.4 Å². The van der Waals surface area contributed by atoms with Crippen LogP contribution in [-0.4, -0.2) is 56.6 Å². The fourth-order valence-corrected chi connectivity index (χ4v) is 2.32. The topological polar surface area (TPSA) is 51.2 Å². The molecule has 23 heavy (non-hydrogen) atoms. The van der Waals surface area contributed by atoms with Crippen LogP contribution in [0, 0.1) is 0 Å². The first-order valence-corrected chi connectivity index (χ1v) is 7.83. The van der Waals surface area contributed by atoms with Crippen molar-refractivity contribution in [3.63, 3.8) is 0 Å². The zero-order valence-corrected chi connectivity index (χ0v) is 14.7. The molecule has 0 saturated heterocycles. The first-order valence-electron chi connectivity index (χ1n) is 7.83. The number of methoxy groups -OCH3 is 2. The molecular weight excluding hydrogens is 294 g/mol. The van der Waals surface area contributed by atoms with Crippen molar-refractivity contribution >= 4 is 0 Å². The van der Waals surface area contributed by atoms with E-state index in [9.17, 15) is 5.11 Å². The Balaban J connectivity index is 2.42. The molecule has 0 saturated carbocycles. The zero-order valence-electron chi connectivity index (χ0n) is 14.7. The van der Waals surface area contributed by atoms with Gasteiger partial charge in [-0.2, -0.15) is 0 Å². The second-order valence-corrected chi connectivity index (χ2v) is 5.64. The van der Waals surface area contributed by atoms with Gasteiger partial charge in [-0.15, -0.1) is 0 Å². The van der Waals surface area contributed by atoms with Gasteiger partial charge in [0.15, 0.2) is 11.5 Å². The van der Waals surface area contributed by atoms with Crippen molar-refractivity contribution in [3.05, 3.63) is 35.9 Å². The van der Waals surface area contributed by atoms with E-state index in [0.717, 1.165) is 24.2 Å². The first kappa shape index (κ1) is 19.5. The molecule has 0 spiro atoms. The Morgan fingerprint density at radius 3 is 2.52 bits per heavy atom. The number of nitrogens with zero attached hydrogens (tertiary/aromatic N) is 1. The standard InChI is InChI=1S/C18H29NO4/c1-6-19(10-14(2)3)11-16(20)13-23-12-15-7-8-17(21-4)18(9-15)22-5/h7-9,16,20H,2,6,10-13H2,1,3-5H3/t16-/m1/s1. The van der Waals surface area contributed by atoms with Gasteiger partial charge in [0, 0.05) is 13.1 Å². The molecule has 0 radical (unpaired) electrons. The first-order chi connectivity index (χ1) is 11.0. The second kappa shape index (κ2) is 10.3. The Bertz CT molecular complexity index is 490. The number of likely N-dealkylation sites (N-methyl/N-ethyl adjacent to an activating group) is 1. The quantitative estimate of drug-likeness (QED) is 0.634. The molecule has 0 aliphatic rings. The molecule has 0 aromatic heterocycles. The number of rotatable bonds is 11. The maximum atomic E-state index is 10.1. The van der Waals surface area contributed by atoms with Crippen molar-refractivity contribution < 1.29 is 19.3 Å². The van der Waals surface area contributed by atoms with Gasteiger partial charge < -0.3 is 19.3 Å². The average molecular weight is 323 g/mol. The van der Waals surface area contributed by atoms with Crippen LogP contribution < -0.4 is 9.47 Å². The molecule has 0 bridgehead atoms. The molecule has 1 aromatic rings. The van der Waals surface area contributed by atoms with E-state index in [2.05, 4.69) is 18.4 Å². The summed E-state index contributed by atoms with van der Waals surface area (Å²) in [4.78, 5) is 2.15. The van der Waals surface area contributed by atoms with E-state index < -0.39 is 6.10 Å². The second-order valence-electron chi connectivity index (χ2n) is 5.64. The van der Waals surface area contributed by atoms with Gasteiger partial charge in [0.05, 0.1) is 33.5 Å². The Hall–Kier alpha value is -1.56. The van der Waals surface area contributed by atoms with Gasteiger partial charge in [-0.25, -0.2) is 0 Å². The smallest absolute Gasteiger partial charge is 0.161 e. The highest BCUT2D eigenvalue weighted by Gasteiger charge is 2.11. The van der Waals surface area contributed by atoms with Crippen LogP contribution in [0.2, 0.25) is 0 Å². The summed E-state index contributed by atoms with van der Waals surface area (Å²) in [6.07, 6.45) is -0.519. The minimum Gasteiger partial charge on any atom is -0.493 e. The Morgan fingerprint density at radius 1 is 1.26 bits per heavy atom. The van der Waals surface area contributed by atoms with E-state index in [1.807, 2.05) is 25.1 Å². The SMILES string of the molecule is C=C(C)CN(CC)C[C@@H](O)COCc1ccc(OC)c(OC)c1. The van der Waals surface area contributed by atoms with Crippen LogP contribution in [0.25, 0.3) is 0 Å². The van der Waals surface area contributed by atoms with E-state index in [1.54, 1.807) is 14.2 Å². The molecular formula is C18H29NO4. The van der Waals surface area contributed by atoms with Gasteiger partial charge in [-0.1, -0.05) is 25.1 Å². The number of aliphatic hydroxyl groups excluding tert-OH is 1. The van der Waals surface area contributed by atoms with Gasteiger partial charge in [-0.05, 0) is 31.2 Å². The third-order valence-electron chi connectivity index (χ3n) is 3.44. The maximum Gasteiger partial charge on any atom is 0.161 e. The molecule has 0 amide bonds. The third kappa shape index (κ3) is 7.03. The van der Waals surface area contributed by atoms with Crippen LogP contribution in [0.3, 0.4) is 0 Å². The molecule has 0 heterocycles. The molecule has 5 heteroatoms. The fourth-order valence-electron chi connectivity index (χ4n) is 2.32. The third-order valence-corrected chi connectivity index (χ3v) is 3.44. The lowest BCUT2D eigenvalue weighted by molar-refractivity contribution is 0.0120. The van der Waals surface area contributed by atoms with E-state index in [0.29, 0.717) is 31.3 Å². The predicted molar refractivity (Wildman–Crippen MR) is 92.1 cm³/mol. The average Bonchev–Trinajstić information content (AvgIpc) is 2.53. The molecule has 5 nitrogen and oxygen atoms in total. The van der Waals surface area contributed by atoms with Crippen molar-refractivity contribution in [2.24, 2.45) is 0 Å². The summed E-state index contributed by atoms with van der Waals surface area (Å²) < 4.78 is 16.1. The zero-order chi connectivity index (χ0) is 17.2. The Labute approximate surface area is 139 Å². The lowest BCUT2D eigenvalue weighted by Gasteiger charge is -2.23. The Kier molecular flexibility index (Phi) is 8.69. The van der Waals surface area contributed by atoms with E-state index in [4.69, 9.17) is 14.2 Å². The molecule has 0 aliphatic carbocycles. The lowest BCUT2D eigenvalue weighted by atomic mass is 10.2. The van der Waals surface area contributed by atoms with Crippen molar-refractivity contribution in [1.29, 1.82) is 0 Å². The minimum absolute atomic E-state index is 0.293. The highest BCUT2D eigenvalue weighted by molar-refractivity contribution is 5.42. The number of aliphatic hydroxyl groups is 1. The number of hydrogen-bond donors (Lipinski definition) is 1. The Morgan fingerprint density at radius 2 is 1.96 bits per heavy atom. The van der Waals surface area contributed by atoms with Crippen molar-refractivity contribution in [1.82, 2.24) is 4.90 Å². The van der Waals surface area contributed by atoms with Gasteiger partial charge in [0.1, 0.15) is 0 Å². The van der Waals surface area contributed by atoms with Crippen molar-refractivity contribution in [3.8, 4) is 11.5 Å². The molecule has 1 atom stereocenters. The normalized spacial score (nSPS) is 12.3. The number of benzene rings is 1. The van der Waals surface area contributed by atoms with Gasteiger partial charge in [0.2, 0.25) is 0 Å². The summed E-state index contributed by atoms with van der Waals surface area (Å²) in [7, 11) is 3.21. The van der Waals surface area contributed by atoms with Gasteiger partial charge in [-0.3, -0.25) is 4.90 Å². The summed E-state index contributed by atoms with van der Waals surface area (Å²) in [5, 5.41) is 10.1. The molecule has 1 N–H and O–H groups in total. The summed E-state index contributed by atoms with van der Waals surface area (Å²) in [6.45, 7) is 10.9. The monoisotopic (exact) mass is 323 g/mol. The molecule has 1 rings (SSSR count). The van der Waals surface area contributed by atoms with Gasteiger partial charge >= 0.3 is 0 Å². The predicted octanol–water partition coefficient (Wildman–Crippen LogP) is 2.48. The minimum atomic E-state index is -0.519. The molecule has 0 fully saturated rings. The summed E-state index contributed by atoms with van der Waals surface area (Å²) >= 11 is 0. The number of hydrogen-bond acceptors (Lipinski definition) is 5. The molecule has 1 aromatic carbocycles. The highest BCUT2D eigenvalue weighted by atomic mass is 16.5. The summed E-state index contributed by atoms with van der Waals surface area (Å²) in [6, 6.07) is 5.65. The van der Waals surface area contributed by atoms with Crippen LogP contribution in [-0.2, 0) is 11.3 Å². The molecule has 0 aliphatic heterocycles. The van der Waals surface area contributed by atoms with E-state index in [-0.39, 0.29) is 0 Å². The number of ether oxygens (including phenoxy) is 3. The summed E-state index contributed by atoms with van der Waals surface area (Å²) in [5.74, 6) is 1.36. The van der Waals surface area contributed by atoms with Crippen LogP contribution in [0.15, 0.2) is 30.4 Å². The van der Waals surface area contributed by atoms with E-state index >= 15 is 0 Å². The molecule has 0 unspecified atom stereocenters. The van der Waals surface area contributed by atoms with Crippen molar-refractivity contribution in [2.45, 2.75) is 26.6 Å². The van der Waals surface area contributed by atoms with Crippen LogP contribution in [0.4, 0.5) is 0 Å².